The molecular formula is C11H13N3O2S2. The van der Waals surface area contributed by atoms with Crippen molar-refractivity contribution in [3.05, 3.63) is 23.6 Å². The molecule has 5 nitrogen and oxygen atoms in total. The van der Waals surface area contributed by atoms with Crippen molar-refractivity contribution in [1.29, 1.82) is 0 Å². The van der Waals surface area contributed by atoms with Gasteiger partial charge in [0.2, 0.25) is 0 Å². The Labute approximate surface area is 109 Å². The van der Waals surface area contributed by atoms with Crippen molar-refractivity contribution < 1.29 is 8.42 Å². The number of nitrogens with two attached hydrogens (primary N) is 1. The van der Waals surface area contributed by atoms with Crippen LogP contribution in [0.4, 0.5) is 5.82 Å². The molecule has 2 N–H and O–H groups in total. The lowest BCUT2D eigenvalue weighted by Crippen LogP contribution is -2.14. The van der Waals surface area contributed by atoms with Crippen LogP contribution >= 0.6 is 11.3 Å². The zero-order valence-electron chi connectivity index (χ0n) is 9.61. The summed E-state index contributed by atoms with van der Waals surface area (Å²) in [5.74, 6) is 0.897. The number of anilines is 1. The number of thiophene rings is 1. The van der Waals surface area contributed by atoms with Gasteiger partial charge in [-0.1, -0.05) is 6.07 Å². The molecule has 2 aromatic rings. The molecule has 0 spiro atoms. The van der Waals surface area contributed by atoms with E-state index in [1.165, 1.54) is 0 Å². The number of nitrogens with zero attached hydrogens (tertiary/aromatic N) is 2. The van der Waals surface area contributed by atoms with Crippen LogP contribution < -0.4 is 5.73 Å². The minimum absolute atomic E-state index is 0.122. The van der Waals surface area contributed by atoms with Gasteiger partial charge < -0.3 is 5.73 Å². The first-order valence-electron chi connectivity index (χ1n) is 5.64. The van der Waals surface area contributed by atoms with E-state index in [0.29, 0.717) is 12.2 Å². The van der Waals surface area contributed by atoms with E-state index in [0.717, 1.165) is 10.6 Å². The third-order valence-corrected chi connectivity index (χ3v) is 5.74. The highest BCUT2D eigenvalue weighted by Crippen LogP contribution is 2.30. The zero-order chi connectivity index (χ0) is 12.8. The van der Waals surface area contributed by atoms with Crippen molar-refractivity contribution in [3.63, 3.8) is 0 Å². The van der Waals surface area contributed by atoms with Gasteiger partial charge in [-0.05, 0) is 17.9 Å². The minimum Gasteiger partial charge on any atom is -0.384 e. The molecule has 1 saturated heterocycles. The first-order valence-corrected chi connectivity index (χ1v) is 8.34. The Balaban J connectivity index is 1.95. The first-order chi connectivity index (χ1) is 8.55. The zero-order valence-corrected chi connectivity index (χ0v) is 11.2. The van der Waals surface area contributed by atoms with Crippen LogP contribution in [0.2, 0.25) is 0 Å². The summed E-state index contributed by atoms with van der Waals surface area (Å²) in [5.41, 5.74) is 6.74. The first kappa shape index (κ1) is 11.7. The van der Waals surface area contributed by atoms with Crippen molar-refractivity contribution in [3.8, 4) is 10.6 Å². The Morgan fingerprint density at radius 1 is 1.50 bits per heavy atom. The summed E-state index contributed by atoms with van der Waals surface area (Å²) >= 11 is 1.59. The minimum atomic E-state index is -2.92. The molecule has 0 amide bonds. The highest BCUT2D eigenvalue weighted by molar-refractivity contribution is 7.91. The van der Waals surface area contributed by atoms with Crippen LogP contribution in [0.25, 0.3) is 10.6 Å². The summed E-state index contributed by atoms with van der Waals surface area (Å²) in [6.45, 7) is 0. The van der Waals surface area contributed by atoms with E-state index < -0.39 is 9.84 Å². The molecule has 0 radical (unpaired) electrons. The van der Waals surface area contributed by atoms with Gasteiger partial charge in [-0.15, -0.1) is 11.3 Å². The predicted octanol–water partition coefficient (Wildman–Crippen LogP) is 1.55. The molecule has 3 heterocycles. The average Bonchev–Trinajstić information content (AvgIpc) is 2.97. The van der Waals surface area contributed by atoms with E-state index in [2.05, 4.69) is 5.10 Å². The quantitative estimate of drug-likeness (QED) is 0.907. The second-order valence-corrected chi connectivity index (χ2v) is 7.61. The fourth-order valence-electron chi connectivity index (χ4n) is 2.21. The maximum Gasteiger partial charge on any atom is 0.152 e. The van der Waals surface area contributed by atoms with Gasteiger partial charge in [0.05, 0.1) is 22.4 Å². The van der Waals surface area contributed by atoms with Crippen LogP contribution in [0.15, 0.2) is 23.6 Å². The Hall–Kier alpha value is -1.34. The Morgan fingerprint density at radius 3 is 2.94 bits per heavy atom. The van der Waals surface area contributed by atoms with E-state index in [1.807, 2.05) is 17.5 Å². The second kappa shape index (κ2) is 4.10. The van der Waals surface area contributed by atoms with Crippen LogP contribution in [0.5, 0.6) is 0 Å². The molecule has 0 aliphatic carbocycles. The third kappa shape index (κ3) is 2.04. The van der Waals surface area contributed by atoms with Gasteiger partial charge in [-0.3, -0.25) is 0 Å². The molecule has 1 fully saturated rings. The molecule has 7 heteroatoms. The van der Waals surface area contributed by atoms with E-state index in [4.69, 9.17) is 5.73 Å². The van der Waals surface area contributed by atoms with Crippen molar-refractivity contribution in [2.45, 2.75) is 12.5 Å². The van der Waals surface area contributed by atoms with E-state index in [9.17, 15) is 8.42 Å². The SMILES string of the molecule is Nc1cc(-c2cccs2)nn1[C@@H]1CCS(=O)(=O)C1. The van der Waals surface area contributed by atoms with Crippen molar-refractivity contribution >= 4 is 27.0 Å². The van der Waals surface area contributed by atoms with Crippen molar-refractivity contribution in [1.82, 2.24) is 9.78 Å². The van der Waals surface area contributed by atoms with Crippen LogP contribution in [0.3, 0.4) is 0 Å². The Kier molecular flexibility index (Phi) is 2.67. The highest BCUT2D eigenvalue weighted by atomic mass is 32.2. The predicted molar refractivity (Wildman–Crippen MR) is 72.3 cm³/mol. The van der Waals surface area contributed by atoms with Gasteiger partial charge in [0, 0.05) is 6.07 Å². The van der Waals surface area contributed by atoms with Crippen molar-refractivity contribution in [2.24, 2.45) is 0 Å². The van der Waals surface area contributed by atoms with Gasteiger partial charge >= 0.3 is 0 Å². The van der Waals surface area contributed by atoms with Crippen LogP contribution in [-0.2, 0) is 9.84 Å². The van der Waals surface area contributed by atoms with Gasteiger partial charge in [0.15, 0.2) is 9.84 Å². The van der Waals surface area contributed by atoms with Crippen LogP contribution in [0, 0.1) is 0 Å². The smallest absolute Gasteiger partial charge is 0.152 e. The lowest BCUT2D eigenvalue weighted by molar-refractivity contribution is 0.508. The summed E-state index contributed by atoms with van der Waals surface area (Å²) in [6.07, 6.45) is 0.595. The number of hydrogen-bond donors (Lipinski definition) is 1. The molecule has 3 rings (SSSR count). The summed E-state index contributed by atoms with van der Waals surface area (Å²) < 4.78 is 24.6. The van der Waals surface area contributed by atoms with Gasteiger partial charge in [-0.2, -0.15) is 5.10 Å². The molecule has 96 valence electrons. The molecule has 18 heavy (non-hydrogen) atoms. The second-order valence-electron chi connectivity index (χ2n) is 4.43. The van der Waals surface area contributed by atoms with E-state index in [-0.39, 0.29) is 17.5 Å². The topological polar surface area (TPSA) is 78.0 Å². The van der Waals surface area contributed by atoms with Gasteiger partial charge in [0.25, 0.3) is 0 Å². The Morgan fingerprint density at radius 2 is 2.33 bits per heavy atom. The van der Waals surface area contributed by atoms with Crippen LogP contribution in [0.1, 0.15) is 12.5 Å². The lowest BCUT2D eigenvalue weighted by atomic mass is 10.3. The average molecular weight is 283 g/mol. The highest BCUT2D eigenvalue weighted by Gasteiger charge is 2.31. The van der Waals surface area contributed by atoms with E-state index in [1.54, 1.807) is 22.1 Å². The number of rotatable bonds is 2. The molecule has 1 aliphatic heterocycles. The monoisotopic (exact) mass is 283 g/mol. The maximum absolute atomic E-state index is 11.5. The third-order valence-electron chi connectivity index (χ3n) is 3.09. The maximum atomic E-state index is 11.5. The molecule has 0 bridgehead atoms. The van der Waals surface area contributed by atoms with Crippen LogP contribution in [-0.4, -0.2) is 29.7 Å². The number of sulfone groups is 1. The summed E-state index contributed by atoms with van der Waals surface area (Å²) in [4.78, 5) is 1.04. The number of aromatic nitrogens is 2. The molecule has 0 aromatic carbocycles. The van der Waals surface area contributed by atoms with Gasteiger partial charge in [0.1, 0.15) is 11.5 Å². The molecular weight excluding hydrogens is 270 g/mol. The Bertz CT molecular complexity index is 659. The lowest BCUT2D eigenvalue weighted by Gasteiger charge is -2.09. The number of nitrogen functional groups attached to an aromatic ring is 1. The summed E-state index contributed by atoms with van der Waals surface area (Å²) in [6, 6.07) is 5.61. The standard InChI is InChI=1S/C11H13N3O2S2/c12-11-6-9(10-2-1-4-17-10)13-14(11)8-3-5-18(15,16)7-8/h1-2,4,6,8H,3,5,7,12H2/t8-/m1/s1. The molecule has 1 atom stereocenters. The fraction of sp³-hybridized carbons (Fsp3) is 0.364. The van der Waals surface area contributed by atoms with Crippen molar-refractivity contribution in [2.75, 3.05) is 17.2 Å². The molecule has 1 aliphatic rings. The fourth-order valence-corrected chi connectivity index (χ4v) is 4.59. The summed E-state index contributed by atoms with van der Waals surface area (Å²) in [5, 5.41) is 6.41. The summed E-state index contributed by atoms with van der Waals surface area (Å²) in [7, 11) is -2.92. The molecule has 0 unspecified atom stereocenters. The molecule has 2 aromatic heterocycles. The molecule has 0 saturated carbocycles. The van der Waals surface area contributed by atoms with E-state index >= 15 is 0 Å². The largest absolute Gasteiger partial charge is 0.384 e. The normalized spacial score (nSPS) is 22.3. The van der Waals surface area contributed by atoms with Gasteiger partial charge in [-0.25, -0.2) is 13.1 Å². The number of hydrogen-bond acceptors (Lipinski definition) is 5.